The third-order valence-corrected chi connectivity index (χ3v) is 4.96. The maximum Gasteiger partial charge on any atom is 0.276 e. The van der Waals surface area contributed by atoms with E-state index >= 15 is 0 Å². The van der Waals surface area contributed by atoms with Crippen molar-refractivity contribution < 1.29 is 9.72 Å². The molecule has 0 unspecified atom stereocenters. The number of carbonyl (C=O) groups excluding carboxylic acids is 1. The Hall–Kier alpha value is -3.86. The van der Waals surface area contributed by atoms with Gasteiger partial charge < -0.3 is 5.32 Å². The number of benzene rings is 1. The van der Waals surface area contributed by atoms with Crippen molar-refractivity contribution in [3.8, 4) is 16.3 Å². The first kappa shape index (κ1) is 18.5. The molecule has 0 fully saturated rings. The number of thiazole rings is 1. The molecule has 146 valence electrons. The van der Waals surface area contributed by atoms with Gasteiger partial charge >= 0.3 is 0 Å². The molecule has 0 bridgehead atoms. The minimum Gasteiger partial charge on any atom is -0.305 e. The Morgan fingerprint density at radius 1 is 1.28 bits per heavy atom. The fourth-order valence-corrected chi connectivity index (χ4v) is 3.50. The van der Waals surface area contributed by atoms with Crippen molar-refractivity contribution in [1.82, 2.24) is 24.5 Å². The van der Waals surface area contributed by atoms with Gasteiger partial charge in [-0.15, -0.1) is 11.3 Å². The van der Waals surface area contributed by atoms with Crippen LogP contribution in [0, 0.1) is 17.0 Å². The third kappa shape index (κ3) is 3.75. The molecule has 0 aliphatic carbocycles. The SMILES string of the molecule is Cc1cc(NC(=O)c2csc(-c3cnn(C)c3)n2)n(-c2ccc([N+](=O)[O-])cc2)n1. The van der Waals surface area contributed by atoms with Gasteiger partial charge in [0.1, 0.15) is 16.5 Å². The van der Waals surface area contributed by atoms with Crippen LogP contribution in [0.3, 0.4) is 0 Å². The zero-order valence-corrected chi connectivity index (χ0v) is 16.3. The summed E-state index contributed by atoms with van der Waals surface area (Å²) in [5.74, 6) is 0.0664. The van der Waals surface area contributed by atoms with Crippen LogP contribution in [0.5, 0.6) is 0 Å². The molecule has 0 radical (unpaired) electrons. The van der Waals surface area contributed by atoms with Crippen molar-refractivity contribution >= 4 is 28.7 Å². The van der Waals surface area contributed by atoms with Crippen LogP contribution < -0.4 is 5.32 Å². The average molecular weight is 409 g/mol. The Bertz CT molecular complexity index is 1210. The predicted octanol–water partition coefficient (Wildman–Crippen LogP) is 3.20. The summed E-state index contributed by atoms with van der Waals surface area (Å²) in [5, 5.41) is 24.5. The number of rotatable bonds is 5. The highest BCUT2D eigenvalue weighted by Gasteiger charge is 2.17. The highest BCUT2D eigenvalue weighted by Crippen LogP contribution is 2.24. The number of nitro groups is 1. The van der Waals surface area contributed by atoms with Crippen molar-refractivity contribution in [2.24, 2.45) is 7.05 Å². The number of nitro benzene ring substituents is 1. The van der Waals surface area contributed by atoms with Gasteiger partial charge in [0, 0.05) is 42.4 Å². The van der Waals surface area contributed by atoms with Crippen molar-refractivity contribution in [2.75, 3.05) is 5.32 Å². The molecule has 1 amide bonds. The van der Waals surface area contributed by atoms with Crippen molar-refractivity contribution in [2.45, 2.75) is 6.92 Å². The molecule has 3 aromatic heterocycles. The lowest BCUT2D eigenvalue weighted by Gasteiger charge is -2.08. The number of nitrogens with zero attached hydrogens (tertiary/aromatic N) is 6. The largest absolute Gasteiger partial charge is 0.305 e. The lowest BCUT2D eigenvalue weighted by molar-refractivity contribution is -0.384. The third-order valence-electron chi connectivity index (χ3n) is 4.07. The number of amides is 1. The maximum absolute atomic E-state index is 12.7. The molecule has 0 spiro atoms. The highest BCUT2D eigenvalue weighted by molar-refractivity contribution is 7.13. The molecule has 1 N–H and O–H groups in total. The molecule has 0 aliphatic heterocycles. The summed E-state index contributed by atoms with van der Waals surface area (Å²) >= 11 is 1.35. The van der Waals surface area contributed by atoms with E-state index in [-0.39, 0.29) is 17.3 Å². The number of aryl methyl sites for hydroxylation is 2. The smallest absolute Gasteiger partial charge is 0.276 e. The Morgan fingerprint density at radius 3 is 2.69 bits per heavy atom. The Labute approximate surface area is 168 Å². The fraction of sp³-hybridized carbons (Fsp3) is 0.111. The quantitative estimate of drug-likeness (QED) is 0.399. The van der Waals surface area contributed by atoms with Gasteiger partial charge in [-0.05, 0) is 19.1 Å². The highest BCUT2D eigenvalue weighted by atomic mass is 32.1. The van der Waals surface area contributed by atoms with E-state index < -0.39 is 4.92 Å². The van der Waals surface area contributed by atoms with Gasteiger partial charge in [-0.2, -0.15) is 10.2 Å². The van der Waals surface area contributed by atoms with Gasteiger partial charge in [-0.3, -0.25) is 19.6 Å². The van der Waals surface area contributed by atoms with E-state index in [1.807, 2.05) is 13.2 Å². The molecule has 10 nitrogen and oxygen atoms in total. The topological polar surface area (TPSA) is 121 Å². The normalized spacial score (nSPS) is 10.8. The number of non-ortho nitro benzene ring substituents is 1. The summed E-state index contributed by atoms with van der Waals surface area (Å²) in [6.07, 6.45) is 3.51. The Morgan fingerprint density at radius 2 is 2.03 bits per heavy atom. The van der Waals surface area contributed by atoms with E-state index in [1.54, 1.807) is 41.4 Å². The van der Waals surface area contributed by atoms with E-state index in [4.69, 9.17) is 0 Å². The number of nitrogens with one attached hydrogen (secondary N) is 1. The van der Waals surface area contributed by atoms with Gasteiger partial charge in [-0.1, -0.05) is 0 Å². The first-order chi connectivity index (χ1) is 13.9. The molecule has 11 heteroatoms. The van der Waals surface area contributed by atoms with Crippen LogP contribution in [0.1, 0.15) is 16.2 Å². The van der Waals surface area contributed by atoms with Gasteiger partial charge in [0.05, 0.1) is 22.5 Å². The molecule has 0 atom stereocenters. The van der Waals surface area contributed by atoms with E-state index in [2.05, 4.69) is 20.5 Å². The summed E-state index contributed by atoms with van der Waals surface area (Å²) in [6.45, 7) is 1.79. The molecule has 1 aromatic carbocycles. The summed E-state index contributed by atoms with van der Waals surface area (Å²) in [5.41, 5.74) is 2.38. The van der Waals surface area contributed by atoms with Crippen LogP contribution in [-0.4, -0.2) is 35.4 Å². The molecule has 4 rings (SSSR count). The van der Waals surface area contributed by atoms with Gasteiger partial charge in [0.2, 0.25) is 0 Å². The fourth-order valence-electron chi connectivity index (χ4n) is 2.72. The van der Waals surface area contributed by atoms with E-state index in [1.165, 1.54) is 28.2 Å². The van der Waals surface area contributed by atoms with Gasteiger partial charge in [-0.25, -0.2) is 9.67 Å². The predicted molar refractivity (Wildman–Crippen MR) is 107 cm³/mol. The number of carbonyl (C=O) groups is 1. The maximum atomic E-state index is 12.7. The monoisotopic (exact) mass is 409 g/mol. The van der Waals surface area contributed by atoms with Crippen molar-refractivity contribution in [3.63, 3.8) is 0 Å². The van der Waals surface area contributed by atoms with Gasteiger partial charge in [0.15, 0.2) is 0 Å². The lowest BCUT2D eigenvalue weighted by Crippen LogP contribution is -2.15. The minimum atomic E-state index is -0.469. The lowest BCUT2D eigenvalue weighted by atomic mass is 10.3. The molecule has 4 aromatic rings. The molecule has 29 heavy (non-hydrogen) atoms. The van der Waals surface area contributed by atoms with Crippen LogP contribution in [0.25, 0.3) is 16.3 Å². The van der Waals surface area contributed by atoms with Gasteiger partial charge in [0.25, 0.3) is 11.6 Å². The second kappa shape index (κ2) is 7.28. The number of anilines is 1. The van der Waals surface area contributed by atoms with Crippen LogP contribution in [0.15, 0.2) is 48.1 Å². The average Bonchev–Trinajstić information content (AvgIpc) is 3.41. The zero-order chi connectivity index (χ0) is 20.5. The summed E-state index contributed by atoms with van der Waals surface area (Å²) in [7, 11) is 1.81. The number of aromatic nitrogens is 5. The first-order valence-corrected chi connectivity index (χ1v) is 9.36. The number of hydrogen-bond acceptors (Lipinski definition) is 7. The first-order valence-electron chi connectivity index (χ1n) is 8.48. The van der Waals surface area contributed by atoms with Crippen LogP contribution in [-0.2, 0) is 7.05 Å². The van der Waals surface area contributed by atoms with E-state index in [0.29, 0.717) is 22.2 Å². The minimum absolute atomic E-state index is 0.0198. The Kier molecular flexibility index (Phi) is 4.64. The molecule has 0 saturated heterocycles. The standard InChI is InChI=1S/C18H15N7O3S/c1-11-7-16(24(22-11)13-3-5-14(6-4-13)25(27)28)21-17(26)15-10-29-18(20-15)12-8-19-23(2)9-12/h3-10H,1-2H3,(H,21,26). The molecular weight excluding hydrogens is 394 g/mol. The molecule has 0 aliphatic rings. The summed E-state index contributed by atoms with van der Waals surface area (Å²) in [6, 6.07) is 7.64. The zero-order valence-electron chi connectivity index (χ0n) is 15.4. The summed E-state index contributed by atoms with van der Waals surface area (Å²) < 4.78 is 3.19. The molecule has 0 saturated carbocycles. The second-order valence-electron chi connectivity index (χ2n) is 6.25. The van der Waals surface area contributed by atoms with E-state index in [9.17, 15) is 14.9 Å². The second-order valence-corrected chi connectivity index (χ2v) is 7.11. The van der Waals surface area contributed by atoms with Crippen LogP contribution >= 0.6 is 11.3 Å². The van der Waals surface area contributed by atoms with E-state index in [0.717, 1.165) is 5.56 Å². The summed E-state index contributed by atoms with van der Waals surface area (Å²) in [4.78, 5) is 27.4. The molecular formula is C18H15N7O3S. The van der Waals surface area contributed by atoms with Crippen LogP contribution in [0.4, 0.5) is 11.5 Å². The van der Waals surface area contributed by atoms with Crippen LogP contribution in [0.2, 0.25) is 0 Å². The molecule has 3 heterocycles. The van der Waals surface area contributed by atoms with Crippen molar-refractivity contribution in [1.29, 1.82) is 0 Å². The number of hydrogen-bond donors (Lipinski definition) is 1. The van der Waals surface area contributed by atoms with Crippen molar-refractivity contribution in [3.05, 3.63) is 69.6 Å². The Balaban J connectivity index is 1.58.